The summed E-state index contributed by atoms with van der Waals surface area (Å²) in [5.74, 6) is 2.01. The molecular weight excluding hydrogens is 863 g/mol. The summed E-state index contributed by atoms with van der Waals surface area (Å²) in [5.41, 5.74) is 12.7. The average molecular weight is 928 g/mol. The fourth-order valence-corrected chi connectivity index (χ4v) is 11.3. The van der Waals surface area contributed by atoms with Crippen LogP contribution in [0.1, 0.15) is 102 Å². The van der Waals surface area contributed by atoms with Crippen molar-refractivity contribution in [2.45, 2.75) is 91.0 Å². The van der Waals surface area contributed by atoms with E-state index in [1.54, 1.807) is 23.4 Å². The molecule has 4 fully saturated rings. The topological polar surface area (TPSA) is 198 Å². The molecule has 1 saturated carbocycles. The number of likely N-dealkylation sites (tertiary alicyclic amines) is 1. The minimum absolute atomic E-state index is 0.00468. The molecule has 360 valence electrons. The lowest BCUT2D eigenvalue weighted by molar-refractivity contribution is -0.142. The third-order valence-electron chi connectivity index (χ3n) is 15.3. The van der Waals surface area contributed by atoms with Gasteiger partial charge in [-0.2, -0.15) is 0 Å². The smallest absolute Gasteiger partial charge is 0.258 e. The van der Waals surface area contributed by atoms with Crippen LogP contribution in [0.3, 0.4) is 0 Å². The van der Waals surface area contributed by atoms with Crippen LogP contribution >= 0.6 is 0 Å². The molecule has 17 heteroatoms. The predicted octanol–water partition coefficient (Wildman–Crippen LogP) is 4.75. The van der Waals surface area contributed by atoms with Crippen molar-refractivity contribution in [3.63, 3.8) is 0 Å². The number of carbonyl (C=O) groups is 3. The maximum Gasteiger partial charge on any atom is 0.258 e. The second-order valence-electron chi connectivity index (χ2n) is 20.2. The van der Waals surface area contributed by atoms with Gasteiger partial charge in [-0.25, -0.2) is 19.9 Å². The zero-order chi connectivity index (χ0) is 47.1. The molecule has 17 nitrogen and oxygen atoms in total. The number of amides is 3. The normalized spacial score (nSPS) is 21.6. The summed E-state index contributed by atoms with van der Waals surface area (Å²) < 4.78 is 5.62. The van der Waals surface area contributed by atoms with Crippen molar-refractivity contribution in [3.05, 3.63) is 81.8 Å². The number of nitrogen functional groups attached to an aromatic ring is 1. The Morgan fingerprint density at radius 2 is 1.38 bits per heavy atom. The van der Waals surface area contributed by atoms with Gasteiger partial charge in [0.2, 0.25) is 17.8 Å². The molecule has 10 rings (SSSR count). The first-order valence-corrected chi connectivity index (χ1v) is 24.7. The van der Waals surface area contributed by atoms with E-state index >= 15 is 0 Å². The number of nitrogens with two attached hydrogens (primary N) is 1. The molecule has 5 aliphatic heterocycles. The van der Waals surface area contributed by atoms with E-state index in [4.69, 9.17) is 20.4 Å². The molecule has 2 aromatic carbocycles. The molecule has 0 bridgehead atoms. The Morgan fingerprint density at radius 1 is 0.721 bits per heavy atom. The Balaban J connectivity index is 0.652. The third kappa shape index (κ3) is 9.70. The predicted molar refractivity (Wildman–Crippen MR) is 255 cm³/mol. The van der Waals surface area contributed by atoms with E-state index in [1.807, 2.05) is 18.7 Å². The van der Waals surface area contributed by atoms with Crippen LogP contribution in [0, 0.1) is 17.8 Å². The fraction of sp³-hybridized carbons (Fsp3) is 0.549. The molecule has 0 unspecified atom stereocenters. The molecular formula is C51H65N11O6. The van der Waals surface area contributed by atoms with Gasteiger partial charge in [0, 0.05) is 114 Å². The van der Waals surface area contributed by atoms with Gasteiger partial charge < -0.3 is 45.2 Å². The van der Waals surface area contributed by atoms with Crippen molar-refractivity contribution in [2.75, 3.05) is 82.8 Å². The van der Waals surface area contributed by atoms with Gasteiger partial charge in [-0.1, -0.05) is 32.0 Å². The van der Waals surface area contributed by atoms with E-state index < -0.39 is 0 Å². The molecule has 4 aromatic rings. The average Bonchev–Trinajstić information content (AvgIpc) is 3.99. The molecule has 68 heavy (non-hydrogen) atoms. The highest BCUT2D eigenvalue weighted by atomic mass is 16.5. The number of nitrogens with zero attached hydrogens (tertiary/aromatic N) is 10. The molecule has 0 atom stereocenters. The number of piperidine rings is 1. The van der Waals surface area contributed by atoms with Crippen molar-refractivity contribution >= 4 is 29.5 Å². The van der Waals surface area contributed by atoms with E-state index in [2.05, 4.69) is 47.8 Å². The zero-order valence-electron chi connectivity index (χ0n) is 39.5. The summed E-state index contributed by atoms with van der Waals surface area (Å²) >= 11 is 0. The van der Waals surface area contributed by atoms with Gasteiger partial charge in [-0.05, 0) is 78.7 Å². The number of phenols is 2. The van der Waals surface area contributed by atoms with Crippen molar-refractivity contribution in [2.24, 2.45) is 17.8 Å². The number of benzene rings is 2. The Kier molecular flexibility index (Phi) is 13.2. The number of hydrogen-bond donors (Lipinski definition) is 3. The van der Waals surface area contributed by atoms with E-state index in [-0.39, 0.29) is 58.5 Å². The van der Waals surface area contributed by atoms with Crippen molar-refractivity contribution in [1.82, 2.24) is 44.4 Å². The quantitative estimate of drug-likeness (QED) is 0.197. The second-order valence-corrected chi connectivity index (χ2v) is 20.2. The van der Waals surface area contributed by atoms with Crippen LogP contribution in [0.4, 0.5) is 11.8 Å². The van der Waals surface area contributed by atoms with Gasteiger partial charge in [0.15, 0.2) is 5.82 Å². The van der Waals surface area contributed by atoms with Crippen molar-refractivity contribution in [1.29, 1.82) is 0 Å². The largest absolute Gasteiger partial charge is 0.508 e. The van der Waals surface area contributed by atoms with E-state index in [0.29, 0.717) is 75.4 Å². The van der Waals surface area contributed by atoms with Crippen LogP contribution in [0.15, 0.2) is 42.7 Å². The standard InChI is InChI=1S/C51H65N11O6/c1-32(2)40-22-41(45(64)23-44(40)63)50(67)61-28-37-4-3-34(21-38(37)29-61)27-58-15-13-57(14-16-58)26-33-9-11-60(12-10-33)48(65)35-5-7-36(8-6-35)49(66)62-30-42-43(31-62)55-46(39-24-53-51(52)54-25-39)56-47(42)59-17-19-68-20-18-59/h3-4,21-25,32-33,35-36,63-64H,5-20,26-31H2,1-2H3,(H2,52,53,54). The van der Waals surface area contributed by atoms with Crippen molar-refractivity contribution in [3.8, 4) is 22.9 Å². The molecule has 0 spiro atoms. The van der Waals surface area contributed by atoms with Gasteiger partial charge in [0.25, 0.3) is 5.91 Å². The number of fused-ring (bicyclic) bond motifs is 2. The molecule has 0 radical (unpaired) electrons. The van der Waals surface area contributed by atoms with E-state index in [0.717, 1.165) is 119 Å². The maximum absolute atomic E-state index is 14.1. The SMILES string of the molecule is CC(C)c1cc(C(=O)N2Cc3ccc(CN4CCN(CC5CCN(C(=O)C6CCC(C(=O)N7Cc8nc(-c9cnc(N)nc9)nc(N9CCOCC9)c8C7)CC6)CC5)CC4)cc3C2)c(O)cc1O. The lowest BCUT2D eigenvalue weighted by atomic mass is 9.80. The lowest BCUT2D eigenvalue weighted by Gasteiger charge is -2.40. The summed E-state index contributed by atoms with van der Waals surface area (Å²) in [4.78, 5) is 72.7. The first-order chi connectivity index (χ1) is 32.9. The summed E-state index contributed by atoms with van der Waals surface area (Å²) in [5, 5.41) is 20.8. The van der Waals surface area contributed by atoms with Crippen molar-refractivity contribution < 1.29 is 29.3 Å². The maximum atomic E-state index is 14.1. The minimum atomic E-state index is -0.230. The van der Waals surface area contributed by atoms with Gasteiger partial charge in [-0.15, -0.1) is 0 Å². The van der Waals surface area contributed by atoms with Crippen LogP contribution in [-0.2, 0) is 47.0 Å². The first-order valence-electron chi connectivity index (χ1n) is 24.7. The summed E-state index contributed by atoms with van der Waals surface area (Å²) in [6.45, 7) is 16.1. The monoisotopic (exact) mass is 928 g/mol. The van der Waals surface area contributed by atoms with Gasteiger partial charge in [0.05, 0.1) is 43.1 Å². The number of anilines is 2. The van der Waals surface area contributed by atoms with E-state index in [9.17, 15) is 24.6 Å². The van der Waals surface area contributed by atoms with Crippen LogP contribution in [0.2, 0.25) is 0 Å². The molecule has 7 heterocycles. The number of ether oxygens (including phenoxy) is 1. The number of carbonyl (C=O) groups excluding carboxylic acids is 3. The number of piperazine rings is 1. The molecule has 4 N–H and O–H groups in total. The van der Waals surface area contributed by atoms with Crippen LogP contribution in [0.25, 0.3) is 11.4 Å². The Hall–Kier alpha value is -5.91. The lowest BCUT2D eigenvalue weighted by Crippen LogP contribution is -2.49. The Bertz CT molecular complexity index is 2510. The first kappa shape index (κ1) is 45.9. The highest BCUT2D eigenvalue weighted by molar-refractivity contribution is 5.97. The molecule has 2 aromatic heterocycles. The number of hydrogen-bond acceptors (Lipinski definition) is 14. The third-order valence-corrected chi connectivity index (χ3v) is 15.3. The minimum Gasteiger partial charge on any atom is -0.508 e. The van der Waals surface area contributed by atoms with Gasteiger partial charge in [0.1, 0.15) is 17.3 Å². The number of aromatic hydroxyl groups is 2. The summed E-state index contributed by atoms with van der Waals surface area (Å²) in [7, 11) is 0. The molecule has 3 amide bonds. The highest BCUT2D eigenvalue weighted by Crippen LogP contribution is 2.38. The van der Waals surface area contributed by atoms with Crippen LogP contribution in [0.5, 0.6) is 11.5 Å². The molecule has 1 aliphatic carbocycles. The zero-order valence-corrected chi connectivity index (χ0v) is 39.5. The summed E-state index contributed by atoms with van der Waals surface area (Å²) in [6.07, 6.45) is 8.25. The Morgan fingerprint density at radius 3 is 2.07 bits per heavy atom. The van der Waals surface area contributed by atoms with Gasteiger partial charge >= 0.3 is 0 Å². The molecule has 3 saturated heterocycles. The van der Waals surface area contributed by atoms with Crippen LogP contribution < -0.4 is 10.6 Å². The van der Waals surface area contributed by atoms with Crippen LogP contribution in [-0.4, -0.2) is 144 Å². The fourth-order valence-electron chi connectivity index (χ4n) is 11.3. The number of rotatable bonds is 10. The molecule has 6 aliphatic rings. The second kappa shape index (κ2) is 19.6. The number of phenolic OH excluding ortho intramolecular Hbond substituents is 2. The number of morpholine rings is 1. The summed E-state index contributed by atoms with van der Waals surface area (Å²) in [6, 6.07) is 9.44. The van der Waals surface area contributed by atoms with E-state index in [1.165, 1.54) is 11.6 Å². The Labute approximate surface area is 398 Å². The number of aromatic nitrogens is 4. The highest BCUT2D eigenvalue weighted by Gasteiger charge is 2.38. The van der Waals surface area contributed by atoms with Gasteiger partial charge in [-0.3, -0.25) is 19.3 Å².